The van der Waals surface area contributed by atoms with E-state index in [1.165, 1.54) is 15.3 Å². The molecule has 0 aromatic carbocycles. The van der Waals surface area contributed by atoms with Gasteiger partial charge in [0, 0.05) is 22.8 Å². The van der Waals surface area contributed by atoms with Gasteiger partial charge in [-0.15, -0.1) is 22.7 Å². The zero-order valence-corrected chi connectivity index (χ0v) is 14.7. The van der Waals surface area contributed by atoms with E-state index >= 15 is 0 Å². The molecule has 0 saturated heterocycles. The van der Waals surface area contributed by atoms with Crippen LogP contribution in [-0.4, -0.2) is 30.4 Å². The van der Waals surface area contributed by atoms with Gasteiger partial charge in [-0.25, -0.2) is 0 Å². The summed E-state index contributed by atoms with van der Waals surface area (Å²) in [5.74, 6) is 0.621. The summed E-state index contributed by atoms with van der Waals surface area (Å²) in [6.45, 7) is 6.41. The molecule has 1 amide bonds. The van der Waals surface area contributed by atoms with E-state index in [1.807, 2.05) is 11.3 Å². The molecule has 0 bridgehead atoms. The third-order valence-electron chi connectivity index (χ3n) is 3.93. The van der Waals surface area contributed by atoms with E-state index < -0.39 is 0 Å². The average Bonchev–Trinajstić information content (AvgIpc) is 3.15. The Kier molecular flexibility index (Phi) is 4.96. The predicted molar refractivity (Wildman–Crippen MR) is 93.6 cm³/mol. The third kappa shape index (κ3) is 3.42. The first-order chi connectivity index (χ1) is 10.6. The number of amides is 1. The fourth-order valence-electron chi connectivity index (χ4n) is 2.88. The number of hydrogen-bond acceptors (Lipinski definition) is 4. The molecule has 1 N–H and O–H groups in total. The van der Waals surface area contributed by atoms with E-state index in [2.05, 4.69) is 53.0 Å². The Hall–Kier alpha value is -1.17. The fraction of sp³-hybridized carbons (Fsp3) is 0.471. The highest BCUT2D eigenvalue weighted by atomic mass is 32.1. The van der Waals surface area contributed by atoms with Crippen molar-refractivity contribution in [3.63, 3.8) is 0 Å². The molecule has 5 heteroatoms. The lowest BCUT2D eigenvalue weighted by molar-refractivity contribution is -0.122. The Morgan fingerprint density at radius 2 is 2.23 bits per heavy atom. The van der Waals surface area contributed by atoms with Crippen LogP contribution in [0.15, 0.2) is 29.0 Å². The van der Waals surface area contributed by atoms with E-state index in [0.717, 1.165) is 19.5 Å². The molecular weight excluding hydrogens is 312 g/mol. The number of carbonyl (C=O) groups excluding carboxylic acids is 1. The van der Waals surface area contributed by atoms with Crippen LogP contribution in [0, 0.1) is 5.92 Å². The quantitative estimate of drug-likeness (QED) is 0.907. The number of fused-ring (bicyclic) bond motifs is 1. The second-order valence-electron chi connectivity index (χ2n) is 6.14. The molecule has 1 aliphatic rings. The highest BCUT2D eigenvalue weighted by Gasteiger charge is 2.31. The molecule has 3 nitrogen and oxygen atoms in total. The van der Waals surface area contributed by atoms with Gasteiger partial charge < -0.3 is 5.32 Å². The normalized spacial score (nSPS) is 18.4. The first-order valence-electron chi connectivity index (χ1n) is 7.75. The monoisotopic (exact) mass is 334 g/mol. The van der Waals surface area contributed by atoms with Crippen LogP contribution in [-0.2, 0) is 11.2 Å². The third-order valence-corrected chi connectivity index (χ3v) is 5.85. The molecule has 0 unspecified atom stereocenters. The van der Waals surface area contributed by atoms with Crippen molar-refractivity contribution in [1.82, 2.24) is 10.2 Å². The zero-order chi connectivity index (χ0) is 15.5. The number of hydrogen-bond donors (Lipinski definition) is 1. The van der Waals surface area contributed by atoms with Crippen LogP contribution in [0.3, 0.4) is 0 Å². The van der Waals surface area contributed by atoms with Crippen molar-refractivity contribution in [2.75, 3.05) is 19.6 Å². The fourth-order valence-corrected chi connectivity index (χ4v) is 4.66. The number of carbonyl (C=O) groups is 1. The minimum atomic E-state index is 0.133. The molecule has 0 spiro atoms. The number of rotatable bonds is 5. The number of thiophene rings is 2. The summed E-state index contributed by atoms with van der Waals surface area (Å²) in [6, 6.07) is 6.74. The van der Waals surface area contributed by atoms with Crippen LogP contribution in [0.5, 0.6) is 0 Å². The zero-order valence-electron chi connectivity index (χ0n) is 13.0. The first-order valence-corrected chi connectivity index (χ1v) is 9.51. The van der Waals surface area contributed by atoms with Gasteiger partial charge in [0.25, 0.3) is 0 Å². The molecule has 0 saturated carbocycles. The van der Waals surface area contributed by atoms with Gasteiger partial charge in [-0.1, -0.05) is 19.9 Å². The molecule has 1 atom stereocenters. The Balaban J connectivity index is 1.77. The molecule has 2 aromatic heterocycles. The molecule has 22 heavy (non-hydrogen) atoms. The second kappa shape index (κ2) is 6.94. The van der Waals surface area contributed by atoms with Crippen molar-refractivity contribution in [2.24, 2.45) is 5.92 Å². The molecule has 1 aliphatic heterocycles. The Morgan fingerprint density at radius 1 is 1.36 bits per heavy atom. The highest BCUT2D eigenvalue weighted by molar-refractivity contribution is 7.10. The average molecular weight is 335 g/mol. The Bertz CT molecular complexity index is 618. The smallest absolute Gasteiger partial charge is 0.234 e. The molecular formula is C17H22N2OS2. The molecule has 2 aromatic rings. The van der Waals surface area contributed by atoms with Crippen LogP contribution < -0.4 is 5.32 Å². The van der Waals surface area contributed by atoms with Gasteiger partial charge in [-0.2, -0.15) is 0 Å². The lowest BCUT2D eigenvalue weighted by Crippen LogP contribution is -2.43. The Labute approximate surface area is 140 Å². The summed E-state index contributed by atoms with van der Waals surface area (Å²) in [6.07, 6.45) is 1.05. The summed E-state index contributed by atoms with van der Waals surface area (Å²) >= 11 is 3.62. The summed E-state index contributed by atoms with van der Waals surface area (Å²) in [5, 5.41) is 7.33. The van der Waals surface area contributed by atoms with E-state index in [9.17, 15) is 4.79 Å². The molecule has 0 aliphatic carbocycles. The van der Waals surface area contributed by atoms with Crippen molar-refractivity contribution >= 4 is 28.6 Å². The largest absolute Gasteiger partial charge is 0.355 e. The SMILES string of the molecule is CC(C)CNC(=O)CN1CCc2sccc2[C@@H]1c1cccs1. The van der Waals surface area contributed by atoms with Gasteiger partial charge in [-0.3, -0.25) is 9.69 Å². The van der Waals surface area contributed by atoms with Crippen molar-refractivity contribution < 1.29 is 4.79 Å². The predicted octanol–water partition coefficient (Wildman–Crippen LogP) is 3.53. The van der Waals surface area contributed by atoms with Crippen LogP contribution in [0.2, 0.25) is 0 Å². The summed E-state index contributed by atoms with van der Waals surface area (Å²) in [7, 11) is 0. The number of nitrogens with one attached hydrogen (secondary N) is 1. The topological polar surface area (TPSA) is 32.3 Å². The Morgan fingerprint density at radius 3 is 2.95 bits per heavy atom. The van der Waals surface area contributed by atoms with Gasteiger partial charge in [0.05, 0.1) is 12.6 Å². The summed E-state index contributed by atoms with van der Waals surface area (Å²) in [4.78, 5) is 17.3. The highest BCUT2D eigenvalue weighted by Crippen LogP contribution is 2.39. The van der Waals surface area contributed by atoms with Crippen molar-refractivity contribution in [3.8, 4) is 0 Å². The lowest BCUT2D eigenvalue weighted by Gasteiger charge is -2.34. The van der Waals surface area contributed by atoms with Gasteiger partial charge >= 0.3 is 0 Å². The van der Waals surface area contributed by atoms with Crippen LogP contribution in [0.25, 0.3) is 0 Å². The lowest BCUT2D eigenvalue weighted by atomic mass is 9.98. The molecule has 0 radical (unpaired) electrons. The standard InChI is InChI=1S/C17H22N2OS2/c1-12(2)10-18-16(20)11-19-7-5-14-13(6-9-22-14)17(19)15-4-3-8-21-15/h3-4,6,8-9,12,17H,5,7,10-11H2,1-2H3,(H,18,20)/t17-/m1/s1. The summed E-state index contributed by atoms with van der Waals surface area (Å²) in [5.41, 5.74) is 1.38. The minimum absolute atomic E-state index is 0.133. The minimum Gasteiger partial charge on any atom is -0.355 e. The number of nitrogens with zero attached hydrogens (tertiary/aromatic N) is 1. The maximum atomic E-state index is 12.2. The van der Waals surface area contributed by atoms with Crippen molar-refractivity contribution in [2.45, 2.75) is 26.3 Å². The molecule has 3 rings (SSSR count). The maximum Gasteiger partial charge on any atom is 0.234 e. The van der Waals surface area contributed by atoms with Crippen LogP contribution >= 0.6 is 22.7 Å². The molecule has 118 valence electrons. The van der Waals surface area contributed by atoms with E-state index in [-0.39, 0.29) is 11.9 Å². The van der Waals surface area contributed by atoms with Gasteiger partial charge in [-0.05, 0) is 40.8 Å². The van der Waals surface area contributed by atoms with Gasteiger partial charge in [0.1, 0.15) is 0 Å². The van der Waals surface area contributed by atoms with E-state index in [0.29, 0.717) is 12.5 Å². The van der Waals surface area contributed by atoms with Crippen molar-refractivity contribution in [3.05, 3.63) is 44.3 Å². The van der Waals surface area contributed by atoms with Gasteiger partial charge in [0.15, 0.2) is 0 Å². The first kappa shape index (κ1) is 15.7. The van der Waals surface area contributed by atoms with Crippen molar-refractivity contribution in [1.29, 1.82) is 0 Å². The second-order valence-corrected chi connectivity index (χ2v) is 8.12. The molecule has 3 heterocycles. The van der Waals surface area contributed by atoms with E-state index in [1.54, 1.807) is 11.3 Å². The van der Waals surface area contributed by atoms with Gasteiger partial charge in [0.2, 0.25) is 5.91 Å². The molecule has 0 fully saturated rings. The maximum absolute atomic E-state index is 12.2. The van der Waals surface area contributed by atoms with Crippen LogP contribution in [0.1, 0.15) is 35.2 Å². The van der Waals surface area contributed by atoms with E-state index in [4.69, 9.17) is 0 Å². The van der Waals surface area contributed by atoms with Crippen LogP contribution in [0.4, 0.5) is 0 Å². The summed E-state index contributed by atoms with van der Waals surface area (Å²) < 4.78 is 0.